The van der Waals surface area contributed by atoms with Gasteiger partial charge >= 0.3 is 0 Å². The molecule has 0 saturated carbocycles. The molecular weight excluding hydrogens is 348 g/mol. The lowest BCUT2D eigenvalue weighted by Gasteiger charge is -2.12. The molecule has 0 aliphatic heterocycles. The molecule has 3 rings (SSSR count). The third-order valence-electron chi connectivity index (χ3n) is 3.75. The third-order valence-corrected chi connectivity index (χ3v) is 4.04. The standard InChI is InChI=1S/C19H17ClFNO.ClH/c1-13(14-5-3-2-4-6-14)22-12-16-8-10-19(23-16)15-7-9-18(21)17(20)11-15;/h2-11,13,22H,12H2,1H3;1H. The van der Waals surface area contributed by atoms with Crippen LogP contribution in [0, 0.1) is 5.82 Å². The van der Waals surface area contributed by atoms with Crippen LogP contribution >= 0.6 is 24.0 Å². The Labute approximate surface area is 152 Å². The number of furan rings is 1. The molecule has 1 heterocycles. The fraction of sp³-hybridized carbons (Fsp3) is 0.158. The highest BCUT2D eigenvalue weighted by atomic mass is 35.5. The van der Waals surface area contributed by atoms with E-state index in [4.69, 9.17) is 16.0 Å². The molecule has 0 radical (unpaired) electrons. The molecular formula is C19H18Cl2FNO. The van der Waals surface area contributed by atoms with Gasteiger partial charge in [-0.3, -0.25) is 0 Å². The third kappa shape index (κ3) is 4.38. The fourth-order valence-corrected chi connectivity index (χ4v) is 2.57. The minimum absolute atomic E-state index is 0. The summed E-state index contributed by atoms with van der Waals surface area (Å²) < 4.78 is 19.0. The van der Waals surface area contributed by atoms with Gasteiger partial charge in [-0.1, -0.05) is 41.9 Å². The Bertz CT molecular complexity index is 789. The Morgan fingerprint density at radius 2 is 1.83 bits per heavy atom. The van der Waals surface area contributed by atoms with Crippen molar-refractivity contribution in [3.05, 3.63) is 82.8 Å². The highest BCUT2D eigenvalue weighted by molar-refractivity contribution is 6.31. The molecule has 0 fully saturated rings. The largest absolute Gasteiger partial charge is 0.460 e. The molecule has 126 valence electrons. The zero-order valence-corrected chi connectivity index (χ0v) is 14.7. The predicted octanol–water partition coefficient (Wildman–Crippen LogP) is 6.01. The van der Waals surface area contributed by atoms with Gasteiger partial charge in [-0.2, -0.15) is 0 Å². The first-order valence-corrected chi connectivity index (χ1v) is 7.84. The van der Waals surface area contributed by atoms with Crippen LogP contribution in [0.15, 0.2) is 65.1 Å². The van der Waals surface area contributed by atoms with Gasteiger partial charge in [-0.15, -0.1) is 12.4 Å². The summed E-state index contributed by atoms with van der Waals surface area (Å²) in [5.74, 6) is 1.07. The first-order chi connectivity index (χ1) is 11.1. The van der Waals surface area contributed by atoms with E-state index in [1.165, 1.54) is 11.6 Å². The van der Waals surface area contributed by atoms with Crippen LogP contribution in [0.5, 0.6) is 0 Å². The molecule has 2 nitrogen and oxygen atoms in total. The first kappa shape index (κ1) is 18.5. The molecule has 0 aliphatic rings. The van der Waals surface area contributed by atoms with Gasteiger partial charge in [0.1, 0.15) is 17.3 Å². The maximum absolute atomic E-state index is 13.2. The topological polar surface area (TPSA) is 25.2 Å². The van der Waals surface area contributed by atoms with Gasteiger partial charge in [0.15, 0.2) is 0 Å². The predicted molar refractivity (Wildman–Crippen MR) is 98.1 cm³/mol. The Morgan fingerprint density at radius 1 is 1.08 bits per heavy atom. The minimum Gasteiger partial charge on any atom is -0.460 e. The van der Waals surface area contributed by atoms with Crippen molar-refractivity contribution in [3.8, 4) is 11.3 Å². The molecule has 1 N–H and O–H groups in total. The lowest BCUT2D eigenvalue weighted by atomic mass is 10.1. The Hall–Kier alpha value is -1.81. The molecule has 0 bridgehead atoms. The van der Waals surface area contributed by atoms with E-state index in [1.54, 1.807) is 12.1 Å². The van der Waals surface area contributed by atoms with Gasteiger partial charge < -0.3 is 9.73 Å². The number of rotatable bonds is 5. The summed E-state index contributed by atoms with van der Waals surface area (Å²) in [5.41, 5.74) is 1.99. The molecule has 1 unspecified atom stereocenters. The highest BCUT2D eigenvalue weighted by Crippen LogP contribution is 2.26. The summed E-state index contributed by atoms with van der Waals surface area (Å²) >= 11 is 5.81. The fourth-order valence-electron chi connectivity index (χ4n) is 2.39. The van der Waals surface area contributed by atoms with Gasteiger partial charge in [0.25, 0.3) is 0 Å². The van der Waals surface area contributed by atoms with E-state index in [2.05, 4.69) is 24.4 Å². The van der Waals surface area contributed by atoms with E-state index in [1.807, 2.05) is 30.3 Å². The van der Waals surface area contributed by atoms with Gasteiger partial charge in [0.2, 0.25) is 0 Å². The number of benzene rings is 2. The van der Waals surface area contributed by atoms with Crippen molar-refractivity contribution in [2.45, 2.75) is 19.5 Å². The van der Waals surface area contributed by atoms with Crippen molar-refractivity contribution in [2.75, 3.05) is 0 Å². The van der Waals surface area contributed by atoms with Gasteiger partial charge in [0.05, 0.1) is 11.6 Å². The van der Waals surface area contributed by atoms with Crippen LogP contribution in [-0.4, -0.2) is 0 Å². The van der Waals surface area contributed by atoms with Crippen LogP contribution in [-0.2, 0) is 6.54 Å². The van der Waals surface area contributed by atoms with Crippen LogP contribution in [0.2, 0.25) is 5.02 Å². The molecule has 0 saturated heterocycles. The molecule has 24 heavy (non-hydrogen) atoms. The second-order valence-electron chi connectivity index (χ2n) is 5.41. The van der Waals surface area contributed by atoms with Gasteiger partial charge in [-0.05, 0) is 42.8 Å². The molecule has 0 amide bonds. The number of nitrogens with one attached hydrogen (secondary N) is 1. The quantitative estimate of drug-likeness (QED) is 0.598. The van der Waals surface area contributed by atoms with Gasteiger partial charge in [-0.25, -0.2) is 4.39 Å². The SMILES string of the molecule is CC(NCc1ccc(-c2ccc(F)c(Cl)c2)o1)c1ccccc1.Cl. The summed E-state index contributed by atoms with van der Waals surface area (Å²) in [7, 11) is 0. The summed E-state index contributed by atoms with van der Waals surface area (Å²) in [6, 6.07) is 18.8. The zero-order valence-electron chi connectivity index (χ0n) is 13.1. The maximum Gasteiger partial charge on any atom is 0.141 e. The summed E-state index contributed by atoms with van der Waals surface area (Å²) in [4.78, 5) is 0. The molecule has 3 aromatic rings. The van der Waals surface area contributed by atoms with Crippen molar-refractivity contribution in [3.63, 3.8) is 0 Å². The normalized spacial score (nSPS) is 11.8. The van der Waals surface area contributed by atoms with E-state index in [-0.39, 0.29) is 23.5 Å². The number of halogens is 3. The van der Waals surface area contributed by atoms with Crippen LogP contribution in [0.4, 0.5) is 4.39 Å². The lowest BCUT2D eigenvalue weighted by Crippen LogP contribution is -2.17. The molecule has 1 atom stereocenters. The van der Waals surface area contributed by atoms with Crippen molar-refractivity contribution in [1.82, 2.24) is 5.32 Å². The van der Waals surface area contributed by atoms with Crippen LogP contribution < -0.4 is 5.32 Å². The number of hydrogen-bond donors (Lipinski definition) is 1. The van der Waals surface area contributed by atoms with Crippen LogP contribution in [0.1, 0.15) is 24.3 Å². The van der Waals surface area contributed by atoms with E-state index in [0.717, 1.165) is 11.3 Å². The number of hydrogen-bond acceptors (Lipinski definition) is 2. The average molecular weight is 366 g/mol. The molecule has 0 spiro atoms. The lowest BCUT2D eigenvalue weighted by molar-refractivity contribution is 0.468. The van der Waals surface area contributed by atoms with Crippen molar-refractivity contribution in [2.24, 2.45) is 0 Å². The second kappa shape index (κ2) is 8.34. The Balaban J connectivity index is 0.00000208. The zero-order chi connectivity index (χ0) is 16.2. The van der Waals surface area contributed by atoms with E-state index < -0.39 is 5.82 Å². The van der Waals surface area contributed by atoms with Crippen LogP contribution in [0.25, 0.3) is 11.3 Å². The molecule has 0 aliphatic carbocycles. The van der Waals surface area contributed by atoms with E-state index in [0.29, 0.717) is 12.3 Å². The van der Waals surface area contributed by atoms with Crippen molar-refractivity contribution < 1.29 is 8.81 Å². The Kier molecular flexibility index (Phi) is 6.44. The highest BCUT2D eigenvalue weighted by Gasteiger charge is 2.09. The molecule has 1 aromatic heterocycles. The molecule has 2 aromatic carbocycles. The Morgan fingerprint density at radius 3 is 2.54 bits per heavy atom. The summed E-state index contributed by atoms with van der Waals surface area (Å²) in [6.45, 7) is 2.73. The monoisotopic (exact) mass is 365 g/mol. The second-order valence-corrected chi connectivity index (χ2v) is 5.82. The smallest absolute Gasteiger partial charge is 0.141 e. The average Bonchev–Trinajstić information content (AvgIpc) is 3.05. The minimum atomic E-state index is -0.430. The van der Waals surface area contributed by atoms with E-state index >= 15 is 0 Å². The summed E-state index contributed by atoms with van der Waals surface area (Å²) in [6.07, 6.45) is 0. The molecule has 5 heteroatoms. The van der Waals surface area contributed by atoms with Gasteiger partial charge in [0, 0.05) is 11.6 Å². The first-order valence-electron chi connectivity index (χ1n) is 7.46. The van der Waals surface area contributed by atoms with Crippen LogP contribution in [0.3, 0.4) is 0 Å². The van der Waals surface area contributed by atoms with Crippen molar-refractivity contribution >= 4 is 24.0 Å². The maximum atomic E-state index is 13.2. The van der Waals surface area contributed by atoms with E-state index in [9.17, 15) is 4.39 Å². The van der Waals surface area contributed by atoms with Crippen molar-refractivity contribution in [1.29, 1.82) is 0 Å². The summed E-state index contributed by atoms with van der Waals surface area (Å²) in [5, 5.41) is 3.51.